The number of allylic oxidation sites excluding steroid dienone is 2. The SMILES string of the molecule is CCCCCC/C=C\CCCCCCCCOCC(COC1OC(COC2OC(CO)C(O)C(O)C2O)C(O)C(O)C1O)OC(=O)CCC. The summed E-state index contributed by atoms with van der Waals surface area (Å²) in [5.74, 6) is -0.433. The molecule has 0 radical (unpaired) electrons. The highest BCUT2D eigenvalue weighted by atomic mass is 16.7. The summed E-state index contributed by atoms with van der Waals surface area (Å²) in [4.78, 5) is 12.2. The number of aliphatic hydroxyl groups excluding tert-OH is 7. The number of hydrogen-bond donors (Lipinski definition) is 7. The number of aliphatic hydroxyl groups is 7. The molecule has 49 heavy (non-hydrogen) atoms. The summed E-state index contributed by atoms with van der Waals surface area (Å²) < 4.78 is 33.4. The van der Waals surface area contributed by atoms with Crippen molar-refractivity contribution in [1.29, 1.82) is 0 Å². The second-order valence-corrected chi connectivity index (χ2v) is 13.0. The van der Waals surface area contributed by atoms with E-state index in [1.807, 2.05) is 6.92 Å². The molecule has 0 aromatic rings. The van der Waals surface area contributed by atoms with Crippen molar-refractivity contribution in [2.45, 2.75) is 171 Å². The number of rotatable bonds is 26. The summed E-state index contributed by atoms with van der Waals surface area (Å²) in [5.41, 5.74) is 0. The normalized spacial score (nSPS) is 31.3. The smallest absolute Gasteiger partial charge is 0.306 e. The van der Waals surface area contributed by atoms with Crippen molar-refractivity contribution in [2.24, 2.45) is 0 Å². The van der Waals surface area contributed by atoms with E-state index in [1.54, 1.807) is 0 Å². The summed E-state index contributed by atoms with van der Waals surface area (Å²) in [6.45, 7) is 3.24. The lowest BCUT2D eigenvalue weighted by Crippen LogP contribution is -2.61. The number of ether oxygens (including phenoxy) is 6. The highest BCUT2D eigenvalue weighted by molar-refractivity contribution is 5.69. The first kappa shape index (κ1) is 43.9. The number of hydrogen-bond acceptors (Lipinski definition) is 14. The molecule has 2 aliphatic heterocycles. The van der Waals surface area contributed by atoms with Crippen molar-refractivity contribution in [1.82, 2.24) is 0 Å². The largest absolute Gasteiger partial charge is 0.457 e. The minimum atomic E-state index is -1.70. The van der Waals surface area contributed by atoms with Gasteiger partial charge in [-0.05, 0) is 38.5 Å². The van der Waals surface area contributed by atoms with Gasteiger partial charge in [-0.25, -0.2) is 0 Å². The van der Waals surface area contributed by atoms with E-state index >= 15 is 0 Å². The van der Waals surface area contributed by atoms with E-state index in [0.29, 0.717) is 13.0 Å². The van der Waals surface area contributed by atoms with Gasteiger partial charge in [0.15, 0.2) is 12.6 Å². The van der Waals surface area contributed by atoms with E-state index in [4.69, 9.17) is 28.4 Å². The number of carbonyl (C=O) groups excluding carboxylic acids is 1. The lowest BCUT2D eigenvalue weighted by Gasteiger charge is -2.42. The number of esters is 1. The number of unbranched alkanes of at least 4 members (excludes halogenated alkanes) is 10. The van der Waals surface area contributed by atoms with Gasteiger partial charge in [-0.15, -0.1) is 0 Å². The third-order valence-electron chi connectivity index (χ3n) is 8.74. The van der Waals surface area contributed by atoms with Gasteiger partial charge in [0.05, 0.1) is 26.4 Å². The fraction of sp³-hybridized carbons (Fsp3) is 0.914. The van der Waals surface area contributed by atoms with Crippen LogP contribution < -0.4 is 0 Å². The molecule has 0 aliphatic carbocycles. The molecule has 2 fully saturated rings. The van der Waals surface area contributed by atoms with Crippen LogP contribution >= 0.6 is 0 Å². The maximum Gasteiger partial charge on any atom is 0.306 e. The summed E-state index contributed by atoms with van der Waals surface area (Å²) >= 11 is 0. The van der Waals surface area contributed by atoms with E-state index in [0.717, 1.165) is 25.7 Å². The molecule has 0 aromatic heterocycles. The van der Waals surface area contributed by atoms with Gasteiger partial charge in [0.2, 0.25) is 0 Å². The molecule has 14 nitrogen and oxygen atoms in total. The first-order chi connectivity index (χ1) is 23.6. The molecule has 0 aromatic carbocycles. The Bertz CT molecular complexity index is 875. The second-order valence-electron chi connectivity index (χ2n) is 13.0. The molecule has 2 rings (SSSR count). The molecule has 14 heteroatoms. The predicted octanol–water partition coefficient (Wildman–Crippen LogP) is 1.61. The highest BCUT2D eigenvalue weighted by Gasteiger charge is 2.47. The molecule has 0 amide bonds. The van der Waals surface area contributed by atoms with E-state index in [1.165, 1.54) is 51.4 Å². The zero-order chi connectivity index (χ0) is 36.0. The average molecular weight is 709 g/mol. The van der Waals surface area contributed by atoms with Crippen LogP contribution in [0.15, 0.2) is 12.2 Å². The standard InChI is InChI=1S/C35H64O14/c1-3-5-6-7-8-9-10-11-12-13-14-15-16-17-19-44-21-24(47-27(37)18-4-2)22-45-34-33(43)31(41)29(39)26(49-34)23-46-35-32(42)30(40)28(38)25(20-36)48-35/h9-10,24-26,28-36,38-43H,3-8,11-23H2,1-2H3/b10-9-. The second kappa shape index (κ2) is 25.6. The Morgan fingerprint density at radius 2 is 1.20 bits per heavy atom. The maximum atomic E-state index is 12.2. The molecule has 2 heterocycles. The Balaban J connectivity index is 1.74. The van der Waals surface area contributed by atoms with Gasteiger partial charge in [0.25, 0.3) is 0 Å². The molecule has 2 aliphatic rings. The van der Waals surface area contributed by atoms with Crippen LogP contribution in [-0.2, 0) is 33.2 Å². The van der Waals surface area contributed by atoms with Crippen LogP contribution in [0.3, 0.4) is 0 Å². The van der Waals surface area contributed by atoms with Gasteiger partial charge in [0.1, 0.15) is 54.9 Å². The Morgan fingerprint density at radius 3 is 1.82 bits per heavy atom. The third kappa shape index (κ3) is 16.3. The molecule has 2 saturated heterocycles. The molecular formula is C35H64O14. The molecule has 0 saturated carbocycles. The molecule has 7 N–H and O–H groups in total. The van der Waals surface area contributed by atoms with Crippen molar-refractivity contribution in [2.75, 3.05) is 33.0 Å². The summed E-state index contributed by atoms with van der Waals surface area (Å²) in [6.07, 6.45) is 3.37. The van der Waals surface area contributed by atoms with E-state index in [-0.39, 0.29) is 19.6 Å². The fourth-order valence-corrected chi connectivity index (χ4v) is 5.67. The minimum absolute atomic E-state index is 0.0534. The molecule has 11 atom stereocenters. The van der Waals surface area contributed by atoms with Crippen molar-refractivity contribution in [3.63, 3.8) is 0 Å². The van der Waals surface area contributed by atoms with Crippen molar-refractivity contribution >= 4 is 5.97 Å². The number of carbonyl (C=O) groups is 1. The topological polar surface area (TPSA) is 214 Å². The van der Waals surface area contributed by atoms with E-state index in [2.05, 4.69) is 19.1 Å². The molecule has 0 spiro atoms. The highest BCUT2D eigenvalue weighted by Crippen LogP contribution is 2.26. The zero-order valence-electron chi connectivity index (χ0n) is 29.4. The summed E-state index contributed by atoms with van der Waals surface area (Å²) in [6, 6.07) is 0. The van der Waals surface area contributed by atoms with Gasteiger partial charge >= 0.3 is 5.97 Å². The maximum absolute atomic E-state index is 12.2. The molecule has 11 unspecified atom stereocenters. The monoisotopic (exact) mass is 708 g/mol. The first-order valence-corrected chi connectivity index (χ1v) is 18.3. The Kier molecular flexibility index (Phi) is 23.0. The van der Waals surface area contributed by atoms with Crippen LogP contribution in [-0.4, -0.2) is 142 Å². The van der Waals surface area contributed by atoms with Gasteiger partial charge in [-0.2, -0.15) is 0 Å². The van der Waals surface area contributed by atoms with Crippen molar-refractivity contribution < 1.29 is 69.0 Å². The lowest BCUT2D eigenvalue weighted by atomic mass is 9.98. The quantitative estimate of drug-likeness (QED) is 0.0387. The molecular weight excluding hydrogens is 644 g/mol. The van der Waals surface area contributed by atoms with Crippen LogP contribution in [0, 0.1) is 0 Å². The first-order valence-electron chi connectivity index (χ1n) is 18.3. The van der Waals surface area contributed by atoms with Crippen LogP contribution in [0.1, 0.15) is 104 Å². The van der Waals surface area contributed by atoms with Crippen LogP contribution in [0.2, 0.25) is 0 Å². The molecule has 288 valence electrons. The Morgan fingerprint density at radius 1 is 0.653 bits per heavy atom. The predicted molar refractivity (Wildman–Crippen MR) is 178 cm³/mol. The zero-order valence-corrected chi connectivity index (χ0v) is 29.4. The minimum Gasteiger partial charge on any atom is -0.457 e. The summed E-state index contributed by atoms with van der Waals surface area (Å²) in [7, 11) is 0. The Hall–Kier alpha value is -1.27. The van der Waals surface area contributed by atoms with E-state index in [9.17, 15) is 40.5 Å². The van der Waals surface area contributed by atoms with Gasteiger partial charge < -0.3 is 64.2 Å². The third-order valence-corrected chi connectivity index (χ3v) is 8.74. The van der Waals surface area contributed by atoms with Crippen molar-refractivity contribution in [3.05, 3.63) is 12.2 Å². The average Bonchev–Trinajstić information content (AvgIpc) is 3.09. The van der Waals surface area contributed by atoms with Crippen LogP contribution in [0.25, 0.3) is 0 Å². The summed E-state index contributed by atoms with van der Waals surface area (Å²) in [5, 5.41) is 71.0. The Labute approximate surface area is 291 Å². The lowest BCUT2D eigenvalue weighted by molar-refractivity contribution is -0.332. The van der Waals surface area contributed by atoms with Gasteiger partial charge in [-0.3, -0.25) is 4.79 Å². The fourth-order valence-electron chi connectivity index (χ4n) is 5.67. The van der Waals surface area contributed by atoms with Gasteiger partial charge in [-0.1, -0.05) is 70.9 Å². The van der Waals surface area contributed by atoms with Crippen LogP contribution in [0.5, 0.6) is 0 Å². The van der Waals surface area contributed by atoms with E-state index < -0.39 is 86.7 Å². The molecule has 0 bridgehead atoms. The van der Waals surface area contributed by atoms with Gasteiger partial charge in [0, 0.05) is 13.0 Å². The van der Waals surface area contributed by atoms with Crippen molar-refractivity contribution in [3.8, 4) is 0 Å². The van der Waals surface area contributed by atoms with Crippen LogP contribution in [0.4, 0.5) is 0 Å².